The second-order valence-corrected chi connectivity index (χ2v) is 16.6. The van der Waals surface area contributed by atoms with Crippen LogP contribution in [0.1, 0.15) is 91.9 Å². The molecule has 4 heteroatoms. The van der Waals surface area contributed by atoms with Gasteiger partial charge in [-0.3, -0.25) is 4.79 Å². The molecule has 3 nitrogen and oxygen atoms in total. The fourth-order valence-electron chi connectivity index (χ4n) is 6.44. The van der Waals surface area contributed by atoms with Crippen LogP contribution in [0.3, 0.4) is 0 Å². The summed E-state index contributed by atoms with van der Waals surface area (Å²) in [6.45, 7) is 14.5. The molecule has 3 aliphatic carbocycles. The van der Waals surface area contributed by atoms with E-state index < -0.39 is 8.32 Å². The first-order valence-corrected chi connectivity index (χ1v) is 14.6. The van der Waals surface area contributed by atoms with Crippen molar-refractivity contribution in [1.29, 1.82) is 0 Å². The summed E-state index contributed by atoms with van der Waals surface area (Å²) >= 11 is 0. The summed E-state index contributed by atoms with van der Waals surface area (Å²) in [5, 5.41) is 0.282. The van der Waals surface area contributed by atoms with Crippen molar-refractivity contribution in [2.45, 2.75) is 116 Å². The molecule has 0 aromatic rings. The highest BCUT2D eigenvalue weighted by Crippen LogP contribution is 2.69. The predicted molar refractivity (Wildman–Crippen MR) is 118 cm³/mol. The van der Waals surface area contributed by atoms with E-state index in [0.29, 0.717) is 23.4 Å². The molecule has 0 heterocycles. The summed E-state index contributed by atoms with van der Waals surface area (Å²) in [7, 11) is -0.224. The van der Waals surface area contributed by atoms with Gasteiger partial charge in [0.05, 0.1) is 7.11 Å². The van der Waals surface area contributed by atoms with Crippen molar-refractivity contribution in [3.63, 3.8) is 0 Å². The van der Waals surface area contributed by atoms with Crippen LogP contribution < -0.4 is 0 Å². The van der Waals surface area contributed by atoms with Crippen LogP contribution in [0.5, 0.6) is 0 Å². The Balaban J connectivity index is 1.69. The molecule has 3 saturated carbocycles. The second-order valence-electron chi connectivity index (χ2n) is 11.8. The lowest BCUT2D eigenvalue weighted by Gasteiger charge is -2.50. The van der Waals surface area contributed by atoms with Crippen molar-refractivity contribution in [1.82, 2.24) is 0 Å². The Morgan fingerprint density at radius 1 is 1.11 bits per heavy atom. The third-order valence-electron chi connectivity index (χ3n) is 9.23. The quantitative estimate of drug-likeness (QED) is 0.346. The largest absolute Gasteiger partial charge is 0.469 e. The van der Waals surface area contributed by atoms with Crippen molar-refractivity contribution < 1.29 is 14.0 Å². The molecule has 0 N–H and O–H groups in total. The van der Waals surface area contributed by atoms with E-state index in [1.54, 1.807) is 0 Å². The van der Waals surface area contributed by atoms with Gasteiger partial charge in [0.15, 0.2) is 8.32 Å². The molecule has 3 rings (SSSR count). The Bertz CT molecular complexity index is 575. The van der Waals surface area contributed by atoms with Gasteiger partial charge in [-0.1, -0.05) is 34.1 Å². The average Bonchev–Trinajstić information content (AvgIpc) is 3.27. The van der Waals surface area contributed by atoms with Gasteiger partial charge in [0.1, 0.15) is 0 Å². The number of carbonyl (C=O) groups is 1. The van der Waals surface area contributed by atoms with E-state index in [-0.39, 0.29) is 11.0 Å². The number of hydrogen-bond acceptors (Lipinski definition) is 3. The van der Waals surface area contributed by atoms with E-state index in [4.69, 9.17) is 9.16 Å². The molecule has 4 unspecified atom stereocenters. The van der Waals surface area contributed by atoms with Gasteiger partial charge in [0.25, 0.3) is 0 Å². The molecule has 162 valence electrons. The molecule has 0 aromatic carbocycles. The van der Waals surface area contributed by atoms with Crippen molar-refractivity contribution in [2.24, 2.45) is 22.7 Å². The molecular formula is C24H44O3Si. The highest BCUT2D eigenvalue weighted by molar-refractivity contribution is 6.74. The summed E-state index contributed by atoms with van der Waals surface area (Å²) < 4.78 is 11.9. The fraction of sp³-hybridized carbons (Fsp3) is 0.958. The molecule has 0 aliphatic heterocycles. The van der Waals surface area contributed by atoms with E-state index in [1.165, 1.54) is 58.5 Å². The third-order valence-corrected chi connectivity index (χ3v) is 13.7. The minimum atomic E-state index is -1.73. The lowest BCUT2D eigenvalue weighted by atomic mass is 9.60. The minimum Gasteiger partial charge on any atom is -0.469 e. The van der Waals surface area contributed by atoms with Gasteiger partial charge in [0, 0.05) is 12.5 Å². The molecule has 0 amide bonds. The molecule has 3 fully saturated rings. The monoisotopic (exact) mass is 408 g/mol. The van der Waals surface area contributed by atoms with Crippen molar-refractivity contribution in [3.05, 3.63) is 0 Å². The molecular weight excluding hydrogens is 364 g/mol. The predicted octanol–water partition coefficient (Wildman–Crippen LogP) is 6.72. The maximum atomic E-state index is 11.6. The van der Waals surface area contributed by atoms with Crippen molar-refractivity contribution in [2.75, 3.05) is 7.11 Å². The Morgan fingerprint density at radius 2 is 1.79 bits per heavy atom. The highest BCUT2D eigenvalue weighted by Gasteiger charge is 2.62. The molecule has 0 spiro atoms. The number of rotatable bonds is 7. The lowest BCUT2D eigenvalue weighted by molar-refractivity contribution is -0.140. The summed E-state index contributed by atoms with van der Waals surface area (Å²) in [5.41, 5.74) is 0.948. The van der Waals surface area contributed by atoms with Gasteiger partial charge >= 0.3 is 5.97 Å². The molecule has 4 atom stereocenters. The van der Waals surface area contributed by atoms with Crippen LogP contribution in [0.2, 0.25) is 18.1 Å². The Hall–Kier alpha value is -0.353. The summed E-state index contributed by atoms with van der Waals surface area (Å²) in [6.07, 6.45) is 12.7. The summed E-state index contributed by atoms with van der Waals surface area (Å²) in [4.78, 5) is 11.6. The molecule has 0 bridgehead atoms. The number of esters is 1. The summed E-state index contributed by atoms with van der Waals surface area (Å²) in [5.74, 6) is 1.51. The normalized spacial score (nSPS) is 34.8. The fourth-order valence-corrected chi connectivity index (χ4v) is 7.83. The maximum absolute atomic E-state index is 11.6. The topological polar surface area (TPSA) is 35.5 Å². The Labute approximate surface area is 174 Å². The van der Waals surface area contributed by atoms with Crippen LogP contribution in [0.4, 0.5) is 0 Å². The van der Waals surface area contributed by atoms with Gasteiger partial charge in [-0.25, -0.2) is 0 Å². The van der Waals surface area contributed by atoms with Gasteiger partial charge in [-0.2, -0.15) is 0 Å². The second kappa shape index (κ2) is 7.72. The van der Waals surface area contributed by atoms with Gasteiger partial charge < -0.3 is 9.16 Å². The SMILES string of the molecule is COC(=O)CCCC1(C2CCC3C(O[Si](C)(C)C(C)(C)C)CCCC32C)CC1. The zero-order valence-corrected chi connectivity index (χ0v) is 20.5. The van der Waals surface area contributed by atoms with Crippen LogP contribution >= 0.6 is 0 Å². The zero-order chi connectivity index (χ0) is 20.8. The highest BCUT2D eigenvalue weighted by atomic mass is 28.4. The Kier molecular flexibility index (Phi) is 6.16. The van der Waals surface area contributed by atoms with Gasteiger partial charge in [0.2, 0.25) is 0 Å². The van der Waals surface area contributed by atoms with Crippen molar-refractivity contribution in [3.8, 4) is 0 Å². The standard InChI is InChI=1S/C24H44O3Si/c1-22(2,3)28(6,7)27-19-10-8-14-23(4)18(19)12-13-20(23)24(16-17-24)15-9-11-21(25)26-5/h18-20H,8-17H2,1-7H3. The first-order chi connectivity index (χ1) is 13.0. The molecule has 0 saturated heterocycles. The first-order valence-electron chi connectivity index (χ1n) is 11.7. The lowest BCUT2D eigenvalue weighted by Crippen LogP contribution is -2.50. The molecule has 28 heavy (non-hydrogen) atoms. The minimum absolute atomic E-state index is 0.0492. The third kappa shape index (κ3) is 4.10. The van der Waals surface area contributed by atoms with Crippen molar-refractivity contribution >= 4 is 14.3 Å². The van der Waals surface area contributed by atoms with Gasteiger partial charge in [-0.05, 0) is 92.2 Å². The van der Waals surface area contributed by atoms with Crippen LogP contribution in [0, 0.1) is 22.7 Å². The van der Waals surface area contributed by atoms with E-state index >= 15 is 0 Å². The number of fused-ring (bicyclic) bond motifs is 1. The average molecular weight is 409 g/mol. The van der Waals surface area contributed by atoms with E-state index in [9.17, 15) is 4.79 Å². The number of carbonyl (C=O) groups excluding carboxylic acids is 1. The summed E-state index contributed by atoms with van der Waals surface area (Å²) in [6, 6.07) is 0. The number of ether oxygens (including phenoxy) is 1. The van der Waals surface area contributed by atoms with E-state index in [1.807, 2.05) is 0 Å². The van der Waals surface area contributed by atoms with E-state index in [2.05, 4.69) is 40.8 Å². The number of methoxy groups -OCH3 is 1. The maximum Gasteiger partial charge on any atom is 0.305 e. The van der Waals surface area contributed by atoms with Crippen LogP contribution in [-0.2, 0) is 14.0 Å². The first kappa shape index (κ1) is 22.3. The van der Waals surface area contributed by atoms with Gasteiger partial charge in [-0.15, -0.1) is 0 Å². The van der Waals surface area contributed by atoms with E-state index in [0.717, 1.165) is 18.3 Å². The zero-order valence-electron chi connectivity index (χ0n) is 19.5. The van der Waals surface area contributed by atoms with Crippen LogP contribution in [0.25, 0.3) is 0 Å². The molecule has 3 aliphatic rings. The number of hydrogen-bond donors (Lipinski definition) is 0. The molecule has 0 aromatic heterocycles. The van der Waals surface area contributed by atoms with Crippen LogP contribution in [-0.4, -0.2) is 27.5 Å². The molecule has 0 radical (unpaired) electrons. The van der Waals surface area contributed by atoms with Crippen LogP contribution in [0.15, 0.2) is 0 Å². The smallest absolute Gasteiger partial charge is 0.305 e. The Morgan fingerprint density at radius 3 is 2.36 bits per heavy atom.